The van der Waals surface area contributed by atoms with Crippen molar-refractivity contribution in [3.8, 4) is 0 Å². The van der Waals surface area contributed by atoms with E-state index in [1.165, 1.54) is 6.42 Å². The largest absolute Gasteiger partial charge is 0.357 e. The summed E-state index contributed by atoms with van der Waals surface area (Å²) in [4.78, 5) is 16.3. The number of halogens is 2. The fraction of sp³-hybridized carbons (Fsp3) is 0.600. The van der Waals surface area contributed by atoms with Gasteiger partial charge in [0.05, 0.1) is 6.04 Å². The summed E-state index contributed by atoms with van der Waals surface area (Å²) in [6.45, 7) is 7.76. The van der Waals surface area contributed by atoms with Gasteiger partial charge in [-0.25, -0.2) is 4.39 Å². The van der Waals surface area contributed by atoms with E-state index < -0.39 is 0 Å². The van der Waals surface area contributed by atoms with Crippen molar-refractivity contribution in [3.63, 3.8) is 0 Å². The predicted octanol–water partition coefficient (Wildman–Crippen LogP) is 3.67. The lowest BCUT2D eigenvalue weighted by atomic mass is 9.85. The molecule has 1 aliphatic carbocycles. The molecule has 1 aromatic carbocycles. The van der Waals surface area contributed by atoms with E-state index in [2.05, 4.69) is 20.9 Å². The van der Waals surface area contributed by atoms with Crippen LogP contribution < -0.4 is 16.0 Å². The Morgan fingerprint density at radius 2 is 2.07 bits per heavy atom. The molecule has 0 heterocycles. The maximum Gasteiger partial charge on any atom is 0.223 e. The third-order valence-corrected chi connectivity index (χ3v) is 4.77. The molecule has 7 heteroatoms. The average Bonchev–Trinajstić information content (AvgIpc) is 2.55. The van der Waals surface area contributed by atoms with Gasteiger partial charge in [-0.3, -0.25) is 9.79 Å². The van der Waals surface area contributed by atoms with Crippen LogP contribution in [0.25, 0.3) is 0 Å². The van der Waals surface area contributed by atoms with Crippen molar-refractivity contribution in [1.29, 1.82) is 0 Å². The quantitative estimate of drug-likeness (QED) is 0.226. The lowest BCUT2D eigenvalue weighted by molar-refractivity contribution is -0.127. The van der Waals surface area contributed by atoms with E-state index in [1.807, 2.05) is 19.9 Å². The molecule has 1 amide bonds. The molecule has 1 aromatic rings. The highest BCUT2D eigenvalue weighted by Gasteiger charge is 2.24. The fourth-order valence-corrected chi connectivity index (χ4v) is 2.78. The molecule has 5 nitrogen and oxygen atoms in total. The van der Waals surface area contributed by atoms with Gasteiger partial charge in [-0.15, -0.1) is 24.0 Å². The minimum Gasteiger partial charge on any atom is -0.357 e. The molecule has 1 atom stereocenters. The van der Waals surface area contributed by atoms with Gasteiger partial charge < -0.3 is 16.0 Å². The molecule has 2 rings (SSSR count). The number of hydrogen-bond acceptors (Lipinski definition) is 2. The summed E-state index contributed by atoms with van der Waals surface area (Å²) >= 11 is 0. The Morgan fingerprint density at radius 3 is 2.67 bits per heavy atom. The monoisotopic (exact) mass is 490 g/mol. The Morgan fingerprint density at radius 1 is 1.33 bits per heavy atom. The van der Waals surface area contributed by atoms with Crippen LogP contribution in [-0.4, -0.2) is 31.5 Å². The summed E-state index contributed by atoms with van der Waals surface area (Å²) in [6.07, 6.45) is 4.01. The number of carbonyl (C=O) groups excluding carboxylic acids is 1. The van der Waals surface area contributed by atoms with Gasteiger partial charge in [0.15, 0.2) is 5.96 Å². The highest BCUT2D eigenvalue weighted by molar-refractivity contribution is 14.0. The molecule has 1 fully saturated rings. The Bertz CT molecular complexity index is 634. The summed E-state index contributed by atoms with van der Waals surface area (Å²) in [7, 11) is 0. The van der Waals surface area contributed by atoms with Crippen LogP contribution in [0, 0.1) is 18.7 Å². The van der Waals surface area contributed by atoms with Crippen LogP contribution >= 0.6 is 24.0 Å². The van der Waals surface area contributed by atoms with Crippen LogP contribution in [0.3, 0.4) is 0 Å². The number of aliphatic imine (C=N–C) groups is 1. The summed E-state index contributed by atoms with van der Waals surface area (Å²) < 4.78 is 13.8. The summed E-state index contributed by atoms with van der Waals surface area (Å²) in [5, 5.41) is 9.48. The van der Waals surface area contributed by atoms with Crippen LogP contribution in [0.1, 0.15) is 56.7 Å². The van der Waals surface area contributed by atoms with E-state index in [0.717, 1.165) is 31.4 Å². The molecule has 1 saturated carbocycles. The zero-order chi connectivity index (χ0) is 18.9. The molecule has 3 N–H and O–H groups in total. The van der Waals surface area contributed by atoms with E-state index >= 15 is 0 Å². The van der Waals surface area contributed by atoms with Gasteiger partial charge in [0.25, 0.3) is 0 Å². The second kappa shape index (κ2) is 12.2. The van der Waals surface area contributed by atoms with E-state index in [1.54, 1.807) is 19.1 Å². The van der Waals surface area contributed by atoms with Gasteiger partial charge in [0.2, 0.25) is 5.91 Å². The third kappa shape index (κ3) is 7.63. The topological polar surface area (TPSA) is 65.5 Å². The maximum atomic E-state index is 13.8. The second-order valence-corrected chi connectivity index (χ2v) is 6.91. The van der Waals surface area contributed by atoms with Gasteiger partial charge in [-0.2, -0.15) is 0 Å². The van der Waals surface area contributed by atoms with Crippen LogP contribution in [0.4, 0.5) is 4.39 Å². The number of carbonyl (C=O) groups is 1. The van der Waals surface area contributed by atoms with E-state index in [4.69, 9.17) is 0 Å². The van der Waals surface area contributed by atoms with Crippen LogP contribution in [0.2, 0.25) is 0 Å². The predicted molar refractivity (Wildman–Crippen MR) is 119 cm³/mol. The summed E-state index contributed by atoms with van der Waals surface area (Å²) in [5.41, 5.74) is 1.52. The van der Waals surface area contributed by atoms with E-state index in [9.17, 15) is 9.18 Å². The van der Waals surface area contributed by atoms with Crippen molar-refractivity contribution in [2.45, 2.75) is 52.5 Å². The fourth-order valence-electron chi connectivity index (χ4n) is 2.78. The first-order valence-corrected chi connectivity index (χ1v) is 9.60. The number of amides is 1. The highest BCUT2D eigenvalue weighted by atomic mass is 127. The van der Waals surface area contributed by atoms with Crippen molar-refractivity contribution in [1.82, 2.24) is 16.0 Å². The molecule has 152 valence electrons. The minimum absolute atomic E-state index is 0. The lowest BCUT2D eigenvalue weighted by Gasteiger charge is -2.23. The maximum absolute atomic E-state index is 13.8. The SMILES string of the molecule is CCNC(=NCCCNC(=O)C1CCC1)NC(C)c1ccc(C)c(F)c1.I. The number of aryl methyl sites for hydroxylation is 1. The normalized spacial score (nSPS) is 15.3. The third-order valence-electron chi connectivity index (χ3n) is 4.77. The molecule has 0 radical (unpaired) electrons. The minimum atomic E-state index is -0.194. The van der Waals surface area contributed by atoms with Gasteiger partial charge in [-0.1, -0.05) is 18.6 Å². The van der Waals surface area contributed by atoms with Crippen molar-refractivity contribution >= 4 is 35.8 Å². The van der Waals surface area contributed by atoms with Crippen molar-refractivity contribution in [3.05, 3.63) is 35.1 Å². The Balaban J connectivity index is 0.00000364. The number of nitrogens with one attached hydrogen (secondary N) is 3. The highest BCUT2D eigenvalue weighted by Crippen LogP contribution is 2.26. The number of rotatable bonds is 8. The number of nitrogens with zero attached hydrogens (tertiary/aromatic N) is 1. The van der Waals surface area contributed by atoms with Gasteiger partial charge in [-0.05, 0) is 57.2 Å². The first-order valence-electron chi connectivity index (χ1n) is 9.60. The summed E-state index contributed by atoms with van der Waals surface area (Å²) in [6, 6.07) is 5.22. The molecule has 1 unspecified atom stereocenters. The number of benzene rings is 1. The molecule has 1 aliphatic rings. The second-order valence-electron chi connectivity index (χ2n) is 6.91. The van der Waals surface area contributed by atoms with Crippen LogP contribution in [0.15, 0.2) is 23.2 Å². The molecule has 27 heavy (non-hydrogen) atoms. The van der Waals surface area contributed by atoms with Crippen molar-refractivity contribution in [2.24, 2.45) is 10.9 Å². The molecule has 0 spiro atoms. The number of guanidine groups is 1. The molecular formula is C20H32FIN4O. The zero-order valence-corrected chi connectivity index (χ0v) is 18.8. The Labute approximate surface area is 179 Å². The van der Waals surface area contributed by atoms with Crippen molar-refractivity contribution in [2.75, 3.05) is 19.6 Å². The van der Waals surface area contributed by atoms with Crippen molar-refractivity contribution < 1.29 is 9.18 Å². The molecule has 0 aliphatic heterocycles. The van der Waals surface area contributed by atoms with Gasteiger partial charge >= 0.3 is 0 Å². The van der Waals surface area contributed by atoms with Gasteiger partial charge in [0.1, 0.15) is 5.82 Å². The number of hydrogen-bond donors (Lipinski definition) is 3. The van der Waals surface area contributed by atoms with Crippen LogP contribution in [-0.2, 0) is 4.79 Å². The Kier molecular flexibility index (Phi) is 10.6. The molecule has 0 aromatic heterocycles. The Hall–Kier alpha value is -1.38. The average molecular weight is 490 g/mol. The molecular weight excluding hydrogens is 458 g/mol. The molecule has 0 saturated heterocycles. The van der Waals surface area contributed by atoms with Crippen LogP contribution in [0.5, 0.6) is 0 Å². The first-order chi connectivity index (χ1) is 12.5. The van der Waals surface area contributed by atoms with E-state index in [-0.39, 0.29) is 47.7 Å². The smallest absolute Gasteiger partial charge is 0.223 e. The first kappa shape index (κ1) is 23.7. The standard InChI is InChI=1S/C20H31FN4O.HI/c1-4-22-20(24-12-6-11-23-19(26)16-7-5-8-16)25-15(3)17-10-9-14(2)18(21)13-17;/h9-10,13,15-16H,4-8,11-12H2,1-3H3,(H,23,26)(H2,22,24,25);1H. The molecule has 0 bridgehead atoms. The van der Waals surface area contributed by atoms with Gasteiger partial charge in [0, 0.05) is 25.6 Å². The lowest BCUT2D eigenvalue weighted by Crippen LogP contribution is -2.39. The van der Waals surface area contributed by atoms with E-state index in [0.29, 0.717) is 24.6 Å². The zero-order valence-electron chi connectivity index (χ0n) is 16.5. The summed E-state index contributed by atoms with van der Waals surface area (Å²) in [5.74, 6) is 0.917.